The van der Waals surface area contributed by atoms with Crippen LogP contribution in [0.4, 0.5) is 0 Å². The highest BCUT2D eigenvalue weighted by Crippen LogP contribution is 2.32. The number of rotatable bonds is 4. The average Bonchev–Trinajstić information content (AvgIpc) is 2.30. The van der Waals surface area contributed by atoms with Crippen LogP contribution in [0.15, 0.2) is 30.3 Å². The number of piperidine rings is 1. The lowest BCUT2D eigenvalue weighted by Gasteiger charge is -2.40. The molecule has 1 saturated heterocycles. The molecule has 2 rings (SSSR count). The first-order valence-corrected chi connectivity index (χ1v) is 6.68. The molecule has 0 saturated carbocycles. The number of hydrogen-bond acceptors (Lipinski definition) is 2. The molecule has 2 nitrogen and oxygen atoms in total. The lowest BCUT2D eigenvalue weighted by molar-refractivity contribution is 0.0916. The summed E-state index contributed by atoms with van der Waals surface area (Å²) in [6.07, 6.45) is 3.79. The SMILES string of the molecule is CC1(CCN)CCCN(Cc2ccccc2)C1. The van der Waals surface area contributed by atoms with Crippen molar-refractivity contribution in [2.45, 2.75) is 32.7 Å². The van der Waals surface area contributed by atoms with Gasteiger partial charge in [0.25, 0.3) is 0 Å². The molecule has 1 aliphatic heterocycles. The number of hydrogen-bond donors (Lipinski definition) is 1. The Labute approximate surface area is 105 Å². The lowest BCUT2D eigenvalue weighted by Crippen LogP contribution is -2.42. The Bertz CT molecular complexity index is 332. The molecular weight excluding hydrogens is 208 g/mol. The van der Waals surface area contributed by atoms with Crippen molar-refractivity contribution in [1.29, 1.82) is 0 Å². The normalized spacial score (nSPS) is 26.0. The Kier molecular flexibility index (Phi) is 4.19. The molecule has 1 heterocycles. The lowest BCUT2D eigenvalue weighted by atomic mass is 9.79. The Morgan fingerprint density at radius 3 is 2.76 bits per heavy atom. The van der Waals surface area contributed by atoms with Gasteiger partial charge in [-0.2, -0.15) is 0 Å². The first kappa shape index (κ1) is 12.6. The molecule has 1 atom stereocenters. The maximum Gasteiger partial charge on any atom is 0.0233 e. The van der Waals surface area contributed by atoms with E-state index in [4.69, 9.17) is 5.73 Å². The molecule has 1 aromatic rings. The van der Waals surface area contributed by atoms with Gasteiger partial charge in [0.15, 0.2) is 0 Å². The van der Waals surface area contributed by atoms with Gasteiger partial charge in [-0.15, -0.1) is 0 Å². The summed E-state index contributed by atoms with van der Waals surface area (Å²) in [6.45, 7) is 6.71. The van der Waals surface area contributed by atoms with Gasteiger partial charge < -0.3 is 5.73 Å². The zero-order chi connectivity index (χ0) is 12.1. The summed E-state index contributed by atoms with van der Waals surface area (Å²) in [4.78, 5) is 2.58. The first-order chi connectivity index (χ1) is 8.22. The molecule has 94 valence electrons. The summed E-state index contributed by atoms with van der Waals surface area (Å²) in [5, 5.41) is 0. The van der Waals surface area contributed by atoms with Crippen molar-refractivity contribution >= 4 is 0 Å². The second kappa shape index (κ2) is 5.65. The smallest absolute Gasteiger partial charge is 0.0233 e. The third-order valence-electron chi connectivity index (χ3n) is 3.86. The van der Waals surface area contributed by atoms with Gasteiger partial charge in [-0.3, -0.25) is 4.90 Å². The van der Waals surface area contributed by atoms with Crippen LogP contribution in [0.1, 0.15) is 31.7 Å². The second-order valence-corrected chi connectivity index (χ2v) is 5.65. The predicted octanol–water partition coefficient (Wildman–Crippen LogP) is 2.64. The van der Waals surface area contributed by atoms with Crippen LogP contribution in [0.2, 0.25) is 0 Å². The van der Waals surface area contributed by atoms with E-state index in [1.807, 2.05) is 0 Å². The van der Waals surface area contributed by atoms with Crippen LogP contribution in [0.3, 0.4) is 0 Å². The van der Waals surface area contributed by atoms with Gasteiger partial charge in [-0.05, 0) is 43.3 Å². The molecule has 2 N–H and O–H groups in total. The minimum Gasteiger partial charge on any atom is -0.330 e. The molecule has 0 radical (unpaired) electrons. The van der Waals surface area contributed by atoms with Gasteiger partial charge >= 0.3 is 0 Å². The summed E-state index contributed by atoms with van der Waals surface area (Å²) >= 11 is 0. The summed E-state index contributed by atoms with van der Waals surface area (Å²) in [7, 11) is 0. The standard InChI is InChI=1S/C15H24N2/c1-15(9-10-16)8-5-11-17(13-15)12-14-6-3-2-4-7-14/h2-4,6-7H,5,8-13,16H2,1H3. The van der Waals surface area contributed by atoms with Crippen LogP contribution in [-0.4, -0.2) is 24.5 Å². The number of likely N-dealkylation sites (tertiary alicyclic amines) is 1. The fraction of sp³-hybridized carbons (Fsp3) is 0.600. The third kappa shape index (κ3) is 3.55. The van der Waals surface area contributed by atoms with Gasteiger partial charge in [0.1, 0.15) is 0 Å². The van der Waals surface area contributed by atoms with Crippen LogP contribution in [0, 0.1) is 5.41 Å². The number of nitrogens with two attached hydrogens (primary N) is 1. The Morgan fingerprint density at radius 1 is 1.29 bits per heavy atom. The molecule has 2 heteroatoms. The van der Waals surface area contributed by atoms with E-state index in [-0.39, 0.29) is 0 Å². The first-order valence-electron chi connectivity index (χ1n) is 6.68. The summed E-state index contributed by atoms with van der Waals surface area (Å²) in [5.74, 6) is 0. The minimum absolute atomic E-state index is 0.432. The van der Waals surface area contributed by atoms with Crippen LogP contribution in [-0.2, 0) is 6.54 Å². The predicted molar refractivity (Wildman–Crippen MR) is 72.7 cm³/mol. The molecule has 0 aliphatic carbocycles. The van der Waals surface area contributed by atoms with E-state index in [1.165, 1.54) is 31.5 Å². The van der Waals surface area contributed by atoms with E-state index >= 15 is 0 Å². The Morgan fingerprint density at radius 2 is 2.06 bits per heavy atom. The molecular formula is C15H24N2. The average molecular weight is 232 g/mol. The highest BCUT2D eigenvalue weighted by molar-refractivity contribution is 5.14. The summed E-state index contributed by atoms with van der Waals surface area (Å²) in [5.41, 5.74) is 7.58. The quantitative estimate of drug-likeness (QED) is 0.864. The maximum atomic E-state index is 5.72. The zero-order valence-corrected chi connectivity index (χ0v) is 10.9. The third-order valence-corrected chi connectivity index (χ3v) is 3.86. The van der Waals surface area contributed by atoms with Crippen molar-refractivity contribution < 1.29 is 0 Å². The minimum atomic E-state index is 0.432. The molecule has 0 bridgehead atoms. The topological polar surface area (TPSA) is 29.3 Å². The second-order valence-electron chi connectivity index (χ2n) is 5.65. The zero-order valence-electron chi connectivity index (χ0n) is 10.9. The van der Waals surface area contributed by atoms with Crippen LogP contribution >= 0.6 is 0 Å². The van der Waals surface area contributed by atoms with Crippen molar-refractivity contribution in [2.24, 2.45) is 11.1 Å². The van der Waals surface area contributed by atoms with Crippen molar-refractivity contribution in [1.82, 2.24) is 4.90 Å². The fourth-order valence-corrected chi connectivity index (χ4v) is 2.96. The fourth-order valence-electron chi connectivity index (χ4n) is 2.96. The van der Waals surface area contributed by atoms with Gasteiger partial charge in [-0.1, -0.05) is 37.3 Å². The van der Waals surface area contributed by atoms with Crippen molar-refractivity contribution in [3.05, 3.63) is 35.9 Å². The molecule has 1 aromatic carbocycles. The Hall–Kier alpha value is -0.860. The van der Waals surface area contributed by atoms with Crippen molar-refractivity contribution in [3.63, 3.8) is 0 Å². The van der Waals surface area contributed by atoms with Gasteiger partial charge in [0.2, 0.25) is 0 Å². The van der Waals surface area contributed by atoms with Crippen LogP contribution < -0.4 is 5.73 Å². The molecule has 0 amide bonds. The number of benzene rings is 1. The number of nitrogens with zero attached hydrogens (tertiary/aromatic N) is 1. The maximum absolute atomic E-state index is 5.72. The van der Waals surface area contributed by atoms with Crippen molar-refractivity contribution in [3.8, 4) is 0 Å². The van der Waals surface area contributed by atoms with Gasteiger partial charge in [0.05, 0.1) is 0 Å². The molecule has 1 fully saturated rings. The monoisotopic (exact) mass is 232 g/mol. The van der Waals surface area contributed by atoms with Gasteiger partial charge in [-0.25, -0.2) is 0 Å². The van der Waals surface area contributed by atoms with E-state index in [1.54, 1.807) is 0 Å². The molecule has 1 aliphatic rings. The molecule has 1 unspecified atom stereocenters. The highest BCUT2D eigenvalue weighted by Gasteiger charge is 2.29. The molecule has 17 heavy (non-hydrogen) atoms. The van der Waals surface area contributed by atoms with E-state index in [0.717, 1.165) is 19.5 Å². The Balaban J connectivity index is 1.94. The van der Waals surface area contributed by atoms with E-state index in [2.05, 4.69) is 42.2 Å². The van der Waals surface area contributed by atoms with Gasteiger partial charge in [0, 0.05) is 13.1 Å². The molecule has 0 spiro atoms. The summed E-state index contributed by atoms with van der Waals surface area (Å²) in [6, 6.07) is 10.8. The van der Waals surface area contributed by atoms with Crippen molar-refractivity contribution in [2.75, 3.05) is 19.6 Å². The van der Waals surface area contributed by atoms with E-state index in [9.17, 15) is 0 Å². The van der Waals surface area contributed by atoms with Crippen LogP contribution in [0.5, 0.6) is 0 Å². The highest BCUT2D eigenvalue weighted by atomic mass is 15.1. The largest absolute Gasteiger partial charge is 0.330 e. The van der Waals surface area contributed by atoms with E-state index < -0.39 is 0 Å². The van der Waals surface area contributed by atoms with E-state index in [0.29, 0.717) is 5.41 Å². The van der Waals surface area contributed by atoms with Crippen LogP contribution in [0.25, 0.3) is 0 Å². The molecule has 0 aromatic heterocycles. The summed E-state index contributed by atoms with van der Waals surface area (Å²) < 4.78 is 0.